The number of ether oxygens (including phenoxy) is 1. The number of fused-ring (bicyclic) bond motifs is 1. The van der Waals surface area contributed by atoms with Crippen LogP contribution in [0.5, 0.6) is 5.75 Å². The maximum absolute atomic E-state index is 9.26. The van der Waals surface area contributed by atoms with Gasteiger partial charge >= 0.3 is 0 Å². The second kappa shape index (κ2) is 5.32. The lowest BCUT2D eigenvalue weighted by Gasteiger charge is -2.05. The zero-order valence-electron chi connectivity index (χ0n) is 9.80. The highest BCUT2D eigenvalue weighted by atomic mass is 79.9. The smallest absolute Gasteiger partial charge is 0.176 e. The van der Waals surface area contributed by atoms with Crippen molar-refractivity contribution >= 4 is 38.2 Å². The third kappa shape index (κ3) is 2.51. The second-order valence-corrected chi connectivity index (χ2v) is 5.81. The fraction of sp³-hybridized carbons (Fsp3) is 0.154. The Morgan fingerprint density at radius 1 is 1.42 bits per heavy atom. The molecular formula is C13H10BrNO3S. The molecule has 0 atom stereocenters. The first-order chi connectivity index (χ1) is 9.28. The van der Waals surface area contributed by atoms with Gasteiger partial charge in [0.05, 0.1) is 12.9 Å². The predicted octanol–water partition coefficient (Wildman–Crippen LogP) is 3.72. The average Bonchev–Trinajstić information content (AvgIpc) is 3.04. The standard InChI is InChI=1S/C13H10BrNO3S/c14-9-3-10-8(5-16)6-18-13(10)11(4-9)17-7-12-15-1-2-19-12/h1-4,6,16H,5,7H2. The van der Waals surface area contributed by atoms with Gasteiger partial charge < -0.3 is 14.3 Å². The summed E-state index contributed by atoms with van der Waals surface area (Å²) in [7, 11) is 0. The van der Waals surface area contributed by atoms with Gasteiger partial charge in [0.1, 0.15) is 11.6 Å². The van der Waals surface area contributed by atoms with Crippen molar-refractivity contribution in [3.63, 3.8) is 0 Å². The highest BCUT2D eigenvalue weighted by molar-refractivity contribution is 9.10. The van der Waals surface area contributed by atoms with E-state index in [1.807, 2.05) is 17.5 Å². The highest BCUT2D eigenvalue weighted by Crippen LogP contribution is 2.34. The molecule has 2 aromatic heterocycles. The Morgan fingerprint density at radius 3 is 3.05 bits per heavy atom. The lowest BCUT2D eigenvalue weighted by Crippen LogP contribution is -1.95. The Kier molecular flexibility index (Phi) is 3.54. The number of aliphatic hydroxyl groups is 1. The van der Waals surface area contributed by atoms with Crippen LogP contribution in [0.3, 0.4) is 0 Å². The third-order valence-corrected chi connectivity index (χ3v) is 3.90. The van der Waals surface area contributed by atoms with Gasteiger partial charge in [-0.3, -0.25) is 0 Å². The Balaban J connectivity index is 1.96. The van der Waals surface area contributed by atoms with E-state index in [2.05, 4.69) is 20.9 Å². The summed E-state index contributed by atoms with van der Waals surface area (Å²) in [5, 5.41) is 12.9. The number of furan rings is 1. The van der Waals surface area contributed by atoms with Gasteiger partial charge in [-0.25, -0.2) is 4.98 Å². The van der Waals surface area contributed by atoms with E-state index in [0.717, 1.165) is 20.4 Å². The summed E-state index contributed by atoms with van der Waals surface area (Å²) >= 11 is 4.98. The normalized spacial score (nSPS) is 11.1. The number of aromatic nitrogens is 1. The minimum Gasteiger partial charge on any atom is -0.482 e. The lowest BCUT2D eigenvalue weighted by molar-refractivity contribution is 0.281. The summed E-state index contributed by atoms with van der Waals surface area (Å²) in [5.41, 5.74) is 1.39. The van der Waals surface area contributed by atoms with Crippen LogP contribution in [0.25, 0.3) is 11.0 Å². The number of nitrogens with zero attached hydrogens (tertiary/aromatic N) is 1. The van der Waals surface area contributed by atoms with Gasteiger partial charge in [-0.05, 0) is 12.1 Å². The molecule has 0 unspecified atom stereocenters. The van der Waals surface area contributed by atoms with Crippen molar-refractivity contribution in [2.75, 3.05) is 0 Å². The molecule has 6 heteroatoms. The summed E-state index contributed by atoms with van der Waals surface area (Å²) in [6.45, 7) is 0.341. The minimum atomic E-state index is -0.0601. The molecule has 0 spiro atoms. The van der Waals surface area contributed by atoms with E-state index in [1.165, 1.54) is 0 Å². The lowest BCUT2D eigenvalue weighted by atomic mass is 10.2. The van der Waals surface area contributed by atoms with Crippen molar-refractivity contribution in [1.29, 1.82) is 0 Å². The monoisotopic (exact) mass is 339 g/mol. The Bertz CT molecular complexity index is 693. The van der Waals surface area contributed by atoms with E-state index in [9.17, 15) is 5.11 Å². The molecule has 19 heavy (non-hydrogen) atoms. The maximum Gasteiger partial charge on any atom is 0.176 e. The van der Waals surface area contributed by atoms with Crippen molar-refractivity contribution < 1.29 is 14.3 Å². The van der Waals surface area contributed by atoms with E-state index in [-0.39, 0.29) is 6.61 Å². The first kappa shape index (κ1) is 12.7. The largest absolute Gasteiger partial charge is 0.482 e. The molecule has 0 bridgehead atoms. The van der Waals surface area contributed by atoms with Gasteiger partial charge in [-0.1, -0.05) is 15.9 Å². The van der Waals surface area contributed by atoms with E-state index in [0.29, 0.717) is 17.9 Å². The Labute approximate surface area is 121 Å². The molecule has 0 aliphatic carbocycles. The van der Waals surface area contributed by atoms with Gasteiger partial charge in [0.15, 0.2) is 11.3 Å². The summed E-state index contributed by atoms with van der Waals surface area (Å²) in [6, 6.07) is 3.75. The number of halogens is 1. The molecule has 0 aliphatic rings. The predicted molar refractivity (Wildman–Crippen MR) is 76.3 cm³/mol. The molecule has 0 saturated carbocycles. The van der Waals surface area contributed by atoms with Crippen molar-refractivity contribution in [3.8, 4) is 5.75 Å². The fourth-order valence-electron chi connectivity index (χ4n) is 1.82. The third-order valence-electron chi connectivity index (χ3n) is 2.69. The SMILES string of the molecule is OCc1coc2c(OCc3nccs3)cc(Br)cc12. The quantitative estimate of drug-likeness (QED) is 0.786. The maximum atomic E-state index is 9.26. The minimum absolute atomic E-state index is 0.0601. The Morgan fingerprint density at radius 2 is 2.32 bits per heavy atom. The molecule has 0 aliphatic heterocycles. The molecular weight excluding hydrogens is 330 g/mol. The number of aliphatic hydroxyl groups excluding tert-OH is 1. The van der Waals surface area contributed by atoms with Crippen LogP contribution < -0.4 is 4.74 Å². The molecule has 4 nitrogen and oxygen atoms in total. The topological polar surface area (TPSA) is 55.5 Å². The number of hydrogen-bond acceptors (Lipinski definition) is 5. The van der Waals surface area contributed by atoms with E-state index >= 15 is 0 Å². The van der Waals surface area contributed by atoms with Crippen molar-refractivity contribution in [3.05, 3.63) is 45.0 Å². The molecule has 1 aromatic carbocycles. The Hall–Kier alpha value is -1.37. The van der Waals surface area contributed by atoms with Crippen molar-refractivity contribution in [2.45, 2.75) is 13.2 Å². The van der Waals surface area contributed by atoms with Crippen LogP contribution in [0.1, 0.15) is 10.6 Å². The molecule has 98 valence electrons. The van der Waals surface area contributed by atoms with Crippen molar-refractivity contribution in [2.24, 2.45) is 0 Å². The van der Waals surface area contributed by atoms with Crippen LogP contribution >= 0.6 is 27.3 Å². The summed E-state index contributed by atoms with van der Waals surface area (Å²) in [6.07, 6.45) is 3.30. The van der Waals surface area contributed by atoms with Crippen LogP contribution in [0.2, 0.25) is 0 Å². The molecule has 0 radical (unpaired) electrons. The van der Waals surface area contributed by atoms with Crippen LogP contribution in [0.15, 0.2) is 38.9 Å². The number of rotatable bonds is 4. The number of hydrogen-bond donors (Lipinski definition) is 1. The summed E-state index contributed by atoms with van der Waals surface area (Å²) < 4.78 is 12.1. The molecule has 0 fully saturated rings. The van der Waals surface area contributed by atoms with Crippen LogP contribution in [0.4, 0.5) is 0 Å². The summed E-state index contributed by atoms with van der Waals surface area (Å²) in [5.74, 6) is 0.638. The molecule has 0 amide bonds. The first-order valence-electron chi connectivity index (χ1n) is 5.59. The molecule has 3 aromatic rings. The van der Waals surface area contributed by atoms with Gasteiger partial charge in [0.25, 0.3) is 0 Å². The van der Waals surface area contributed by atoms with Crippen LogP contribution in [-0.2, 0) is 13.2 Å². The molecule has 3 rings (SSSR count). The van der Waals surface area contributed by atoms with E-state index in [1.54, 1.807) is 23.8 Å². The van der Waals surface area contributed by atoms with Crippen LogP contribution in [0, 0.1) is 0 Å². The van der Waals surface area contributed by atoms with Crippen LogP contribution in [-0.4, -0.2) is 10.1 Å². The number of thiazole rings is 1. The van der Waals surface area contributed by atoms with E-state index in [4.69, 9.17) is 9.15 Å². The highest BCUT2D eigenvalue weighted by Gasteiger charge is 2.12. The van der Waals surface area contributed by atoms with Gasteiger partial charge in [0.2, 0.25) is 0 Å². The average molecular weight is 340 g/mol. The first-order valence-corrected chi connectivity index (χ1v) is 7.27. The zero-order valence-corrected chi connectivity index (χ0v) is 12.2. The second-order valence-electron chi connectivity index (χ2n) is 3.91. The van der Waals surface area contributed by atoms with Gasteiger partial charge in [-0.2, -0.15) is 0 Å². The van der Waals surface area contributed by atoms with Crippen molar-refractivity contribution in [1.82, 2.24) is 4.98 Å². The fourth-order valence-corrected chi connectivity index (χ4v) is 2.78. The van der Waals surface area contributed by atoms with Gasteiger partial charge in [0, 0.05) is 27.0 Å². The van der Waals surface area contributed by atoms with E-state index < -0.39 is 0 Å². The molecule has 1 N–H and O–H groups in total. The molecule has 0 saturated heterocycles. The number of benzene rings is 1. The van der Waals surface area contributed by atoms with Gasteiger partial charge in [-0.15, -0.1) is 11.3 Å². The summed E-state index contributed by atoms with van der Waals surface area (Å²) in [4.78, 5) is 4.17. The molecule has 2 heterocycles. The zero-order chi connectivity index (χ0) is 13.2.